The summed E-state index contributed by atoms with van der Waals surface area (Å²) in [4.78, 5) is 10.4. The molecule has 0 atom stereocenters. The van der Waals surface area contributed by atoms with E-state index in [0.717, 1.165) is 32.1 Å². The number of esters is 1. The summed E-state index contributed by atoms with van der Waals surface area (Å²) >= 11 is 0. The van der Waals surface area contributed by atoms with Gasteiger partial charge < -0.3 is 9.84 Å². The zero-order chi connectivity index (χ0) is 10.6. The molecule has 0 aromatic carbocycles. The molecule has 0 spiro atoms. The second-order valence-electron chi connectivity index (χ2n) is 2.98. The van der Waals surface area contributed by atoms with Crippen LogP contribution < -0.4 is 0 Å². The number of ether oxygens (including phenoxy) is 1. The predicted octanol–water partition coefficient (Wildman–Crippen LogP) is 1.50. The Kier molecular flexibility index (Phi) is 9.35. The number of rotatable bonds is 6. The van der Waals surface area contributed by atoms with E-state index in [9.17, 15) is 4.79 Å². The van der Waals surface area contributed by atoms with Crippen molar-refractivity contribution < 1.29 is 14.6 Å². The highest BCUT2D eigenvalue weighted by molar-refractivity contribution is 5.65. The molecule has 0 unspecified atom stereocenters. The molecule has 0 radical (unpaired) electrons. The Bertz CT molecular complexity index is 200. The van der Waals surface area contributed by atoms with E-state index in [0.29, 0.717) is 6.61 Å². The van der Waals surface area contributed by atoms with Gasteiger partial charge in [0.1, 0.15) is 0 Å². The van der Waals surface area contributed by atoms with E-state index in [2.05, 4.69) is 11.8 Å². The van der Waals surface area contributed by atoms with Crippen molar-refractivity contribution in [2.75, 3.05) is 13.2 Å². The quantitative estimate of drug-likeness (QED) is 0.399. The van der Waals surface area contributed by atoms with Crippen LogP contribution in [0.25, 0.3) is 0 Å². The Hall–Kier alpha value is -1.01. The van der Waals surface area contributed by atoms with E-state index in [1.54, 1.807) is 0 Å². The average Bonchev–Trinajstić information content (AvgIpc) is 2.15. The summed E-state index contributed by atoms with van der Waals surface area (Å²) in [5, 5.41) is 8.47. The molecule has 0 aliphatic carbocycles. The van der Waals surface area contributed by atoms with Crippen LogP contribution in [-0.4, -0.2) is 24.3 Å². The number of carbonyl (C=O) groups excluding carboxylic acids is 1. The molecule has 0 bridgehead atoms. The van der Waals surface area contributed by atoms with E-state index >= 15 is 0 Å². The van der Waals surface area contributed by atoms with Crippen LogP contribution in [0.2, 0.25) is 0 Å². The summed E-state index contributed by atoms with van der Waals surface area (Å²) in [6.45, 7) is 2.11. The van der Waals surface area contributed by atoms with Crippen LogP contribution >= 0.6 is 0 Å². The normalized spacial score (nSPS) is 9.00. The highest BCUT2D eigenvalue weighted by Gasteiger charge is 1.91. The number of aliphatic hydroxyl groups is 1. The fourth-order valence-corrected chi connectivity index (χ4v) is 0.876. The summed E-state index contributed by atoms with van der Waals surface area (Å²) in [6, 6.07) is 0. The van der Waals surface area contributed by atoms with Gasteiger partial charge in [0, 0.05) is 26.4 Å². The van der Waals surface area contributed by atoms with Crippen LogP contribution in [0.15, 0.2) is 0 Å². The molecular weight excluding hydrogens is 180 g/mol. The van der Waals surface area contributed by atoms with Crippen LogP contribution in [0, 0.1) is 11.8 Å². The predicted molar refractivity (Wildman–Crippen MR) is 54.6 cm³/mol. The van der Waals surface area contributed by atoms with E-state index in [1.165, 1.54) is 6.92 Å². The monoisotopic (exact) mass is 198 g/mol. The molecular formula is C11H18O3. The number of hydrogen-bond acceptors (Lipinski definition) is 3. The van der Waals surface area contributed by atoms with Gasteiger partial charge in [-0.25, -0.2) is 0 Å². The molecule has 0 saturated carbocycles. The van der Waals surface area contributed by atoms with Crippen LogP contribution in [-0.2, 0) is 9.53 Å². The molecule has 3 heteroatoms. The third-order valence-electron chi connectivity index (χ3n) is 1.59. The van der Waals surface area contributed by atoms with Crippen molar-refractivity contribution in [3.8, 4) is 11.8 Å². The zero-order valence-corrected chi connectivity index (χ0v) is 8.71. The molecule has 3 nitrogen and oxygen atoms in total. The van der Waals surface area contributed by atoms with Gasteiger partial charge in [-0.05, 0) is 19.3 Å². The summed E-state index contributed by atoms with van der Waals surface area (Å²) < 4.78 is 4.77. The molecule has 1 N–H and O–H groups in total. The first-order chi connectivity index (χ1) is 6.77. The van der Waals surface area contributed by atoms with Gasteiger partial charge in [0.15, 0.2) is 0 Å². The SMILES string of the molecule is CC(=O)OCCCCC#CCCCO. The summed E-state index contributed by atoms with van der Waals surface area (Å²) in [7, 11) is 0. The van der Waals surface area contributed by atoms with Crippen molar-refractivity contribution >= 4 is 5.97 Å². The fraction of sp³-hybridized carbons (Fsp3) is 0.727. The first kappa shape index (κ1) is 13.0. The molecule has 0 aromatic rings. The van der Waals surface area contributed by atoms with E-state index in [-0.39, 0.29) is 12.6 Å². The highest BCUT2D eigenvalue weighted by Crippen LogP contribution is 1.95. The molecule has 0 heterocycles. The Balaban J connectivity index is 3.11. The maximum absolute atomic E-state index is 10.4. The Morgan fingerprint density at radius 3 is 2.43 bits per heavy atom. The van der Waals surface area contributed by atoms with Crippen LogP contribution in [0.3, 0.4) is 0 Å². The summed E-state index contributed by atoms with van der Waals surface area (Å²) in [5.41, 5.74) is 0. The first-order valence-electron chi connectivity index (χ1n) is 4.97. The minimum atomic E-state index is -0.223. The van der Waals surface area contributed by atoms with Crippen molar-refractivity contribution in [1.29, 1.82) is 0 Å². The summed E-state index contributed by atoms with van der Waals surface area (Å²) in [6.07, 6.45) is 4.18. The maximum atomic E-state index is 10.4. The van der Waals surface area contributed by atoms with Crippen LogP contribution in [0.5, 0.6) is 0 Å². The lowest BCUT2D eigenvalue weighted by Gasteiger charge is -1.98. The summed E-state index contributed by atoms with van der Waals surface area (Å²) in [5.74, 6) is 5.75. The molecule has 0 rings (SSSR count). The van der Waals surface area contributed by atoms with Crippen molar-refractivity contribution in [1.82, 2.24) is 0 Å². The van der Waals surface area contributed by atoms with Gasteiger partial charge in [-0.2, -0.15) is 0 Å². The van der Waals surface area contributed by atoms with E-state index < -0.39 is 0 Å². The van der Waals surface area contributed by atoms with Crippen LogP contribution in [0.1, 0.15) is 39.0 Å². The molecule has 0 saturated heterocycles. The number of aliphatic hydroxyl groups excluding tert-OH is 1. The van der Waals surface area contributed by atoms with Crippen molar-refractivity contribution in [3.63, 3.8) is 0 Å². The van der Waals surface area contributed by atoms with Gasteiger partial charge in [-0.3, -0.25) is 4.79 Å². The standard InChI is InChI=1S/C11H18O3/c1-11(13)14-10-8-6-4-2-3-5-7-9-12/h12H,4-10H2,1H3. The molecule has 0 aromatic heterocycles. The maximum Gasteiger partial charge on any atom is 0.302 e. The molecule has 0 aliphatic rings. The second-order valence-corrected chi connectivity index (χ2v) is 2.98. The molecule has 0 amide bonds. The highest BCUT2D eigenvalue weighted by atomic mass is 16.5. The molecule has 14 heavy (non-hydrogen) atoms. The van der Waals surface area contributed by atoms with Gasteiger partial charge in [-0.15, -0.1) is 11.8 Å². The fourth-order valence-electron chi connectivity index (χ4n) is 0.876. The Labute approximate surface area is 85.5 Å². The van der Waals surface area contributed by atoms with Crippen LogP contribution in [0.4, 0.5) is 0 Å². The minimum absolute atomic E-state index is 0.209. The second kappa shape index (κ2) is 10.1. The number of hydrogen-bond donors (Lipinski definition) is 1. The van der Waals surface area contributed by atoms with Gasteiger partial charge in [0.2, 0.25) is 0 Å². The van der Waals surface area contributed by atoms with E-state index in [4.69, 9.17) is 9.84 Å². The number of carbonyl (C=O) groups is 1. The smallest absolute Gasteiger partial charge is 0.302 e. The lowest BCUT2D eigenvalue weighted by Crippen LogP contribution is -1.99. The number of unbranched alkanes of at least 4 members (excludes halogenated alkanes) is 3. The lowest BCUT2D eigenvalue weighted by molar-refractivity contribution is -0.141. The van der Waals surface area contributed by atoms with Gasteiger partial charge >= 0.3 is 5.97 Å². The third-order valence-corrected chi connectivity index (χ3v) is 1.59. The molecule has 80 valence electrons. The van der Waals surface area contributed by atoms with Gasteiger partial charge in [0.05, 0.1) is 6.61 Å². The first-order valence-corrected chi connectivity index (χ1v) is 4.97. The van der Waals surface area contributed by atoms with Gasteiger partial charge in [-0.1, -0.05) is 0 Å². The Morgan fingerprint density at radius 2 is 1.86 bits per heavy atom. The largest absolute Gasteiger partial charge is 0.466 e. The Morgan fingerprint density at radius 1 is 1.21 bits per heavy atom. The average molecular weight is 198 g/mol. The lowest BCUT2D eigenvalue weighted by atomic mass is 10.2. The van der Waals surface area contributed by atoms with E-state index in [1.807, 2.05) is 0 Å². The van der Waals surface area contributed by atoms with Crippen molar-refractivity contribution in [3.05, 3.63) is 0 Å². The topological polar surface area (TPSA) is 46.5 Å². The minimum Gasteiger partial charge on any atom is -0.466 e. The zero-order valence-electron chi connectivity index (χ0n) is 8.71. The van der Waals surface area contributed by atoms with Gasteiger partial charge in [0.25, 0.3) is 0 Å². The third kappa shape index (κ3) is 11.0. The molecule has 0 fully saturated rings. The molecule has 0 aliphatic heterocycles. The van der Waals surface area contributed by atoms with Crippen molar-refractivity contribution in [2.45, 2.75) is 39.0 Å². The van der Waals surface area contributed by atoms with Crippen molar-refractivity contribution in [2.24, 2.45) is 0 Å².